The zero-order chi connectivity index (χ0) is 20.9. The monoisotopic (exact) mass is 475 g/mol. The van der Waals surface area contributed by atoms with Gasteiger partial charge in [-0.15, -0.1) is 11.8 Å². The minimum absolute atomic E-state index is 0.849. The van der Waals surface area contributed by atoms with Crippen molar-refractivity contribution < 1.29 is 4.74 Å². The summed E-state index contributed by atoms with van der Waals surface area (Å²) in [6, 6.07) is 33.9. The van der Waals surface area contributed by atoms with Gasteiger partial charge in [-0.05, 0) is 90.2 Å². The van der Waals surface area contributed by atoms with E-state index in [2.05, 4.69) is 112 Å². The van der Waals surface area contributed by atoms with Gasteiger partial charge in [0.25, 0.3) is 0 Å². The molecule has 2 nitrogen and oxygen atoms in total. The molecule has 0 aromatic heterocycles. The van der Waals surface area contributed by atoms with Crippen molar-refractivity contribution in [1.29, 1.82) is 0 Å². The quantitative estimate of drug-likeness (QED) is 0.260. The minimum Gasteiger partial charge on any atom is -0.497 e. The number of nitrogens with zero attached hydrogens (tertiary/aromatic N) is 1. The summed E-state index contributed by atoms with van der Waals surface area (Å²) in [5.74, 6) is 0.849. The van der Waals surface area contributed by atoms with Gasteiger partial charge in [-0.1, -0.05) is 40.2 Å². The summed E-state index contributed by atoms with van der Waals surface area (Å²) < 4.78 is 6.42. The highest BCUT2D eigenvalue weighted by Crippen LogP contribution is 2.37. The molecule has 0 saturated heterocycles. The molecule has 0 saturated carbocycles. The van der Waals surface area contributed by atoms with Crippen molar-refractivity contribution in [2.75, 3.05) is 18.3 Å². The van der Waals surface area contributed by atoms with Gasteiger partial charge in [0.2, 0.25) is 0 Å². The Kier molecular flexibility index (Phi) is 6.46. The molecule has 0 radical (unpaired) electrons. The first-order valence-corrected chi connectivity index (χ1v) is 11.6. The highest BCUT2D eigenvalue weighted by molar-refractivity contribution is 9.10. The lowest BCUT2D eigenvalue weighted by molar-refractivity contribution is 0.415. The second-order valence-corrected chi connectivity index (χ2v) is 8.58. The van der Waals surface area contributed by atoms with Gasteiger partial charge in [0.1, 0.15) is 5.75 Å². The Morgan fingerprint density at radius 3 is 1.53 bits per heavy atom. The highest BCUT2D eigenvalue weighted by atomic mass is 79.9. The predicted octanol–water partition coefficient (Wildman–Crippen LogP) is 8.32. The van der Waals surface area contributed by atoms with Crippen molar-refractivity contribution in [3.63, 3.8) is 0 Å². The maximum Gasteiger partial charge on any atom is 0.119 e. The van der Waals surface area contributed by atoms with Crippen LogP contribution < -0.4 is 9.64 Å². The molecule has 0 aliphatic heterocycles. The Hall–Kier alpha value is -2.69. The molecule has 0 N–H and O–H groups in total. The van der Waals surface area contributed by atoms with Crippen LogP contribution in [0.5, 0.6) is 5.75 Å². The van der Waals surface area contributed by atoms with E-state index >= 15 is 0 Å². The van der Waals surface area contributed by atoms with Crippen LogP contribution in [0.3, 0.4) is 0 Å². The maximum atomic E-state index is 5.34. The number of thioether (sulfide) groups is 1. The maximum absolute atomic E-state index is 5.34. The topological polar surface area (TPSA) is 12.5 Å². The second-order valence-electron chi connectivity index (χ2n) is 6.79. The molecule has 0 bridgehead atoms. The van der Waals surface area contributed by atoms with Crippen molar-refractivity contribution in [2.24, 2.45) is 0 Å². The Labute approximate surface area is 190 Å². The van der Waals surface area contributed by atoms with Crippen molar-refractivity contribution >= 4 is 44.8 Å². The predicted molar refractivity (Wildman–Crippen MR) is 133 cm³/mol. The average Bonchev–Trinajstić information content (AvgIpc) is 2.81. The zero-order valence-electron chi connectivity index (χ0n) is 16.9. The third-order valence-electron chi connectivity index (χ3n) is 4.96. The zero-order valence-corrected chi connectivity index (χ0v) is 19.3. The summed E-state index contributed by atoms with van der Waals surface area (Å²) in [6.45, 7) is 0. The van der Waals surface area contributed by atoms with Crippen LogP contribution >= 0.6 is 27.7 Å². The Balaban J connectivity index is 1.73. The molecule has 0 unspecified atom stereocenters. The number of rotatable bonds is 6. The van der Waals surface area contributed by atoms with Gasteiger partial charge < -0.3 is 9.64 Å². The molecule has 150 valence electrons. The van der Waals surface area contributed by atoms with Gasteiger partial charge in [-0.2, -0.15) is 0 Å². The fourth-order valence-electron chi connectivity index (χ4n) is 3.36. The van der Waals surface area contributed by atoms with Gasteiger partial charge in [0, 0.05) is 26.4 Å². The number of benzene rings is 4. The average molecular weight is 476 g/mol. The van der Waals surface area contributed by atoms with Crippen LogP contribution in [-0.4, -0.2) is 13.4 Å². The van der Waals surface area contributed by atoms with Crippen LogP contribution in [-0.2, 0) is 0 Å². The number of hydrogen-bond donors (Lipinski definition) is 0. The summed E-state index contributed by atoms with van der Waals surface area (Å²) in [4.78, 5) is 3.51. The van der Waals surface area contributed by atoms with Crippen LogP contribution in [0.1, 0.15) is 0 Å². The number of anilines is 3. The molecule has 0 atom stereocenters. The normalized spacial score (nSPS) is 10.6. The summed E-state index contributed by atoms with van der Waals surface area (Å²) >= 11 is 5.25. The van der Waals surface area contributed by atoms with E-state index < -0.39 is 0 Å². The molecule has 0 amide bonds. The lowest BCUT2D eigenvalue weighted by Gasteiger charge is -2.26. The van der Waals surface area contributed by atoms with Crippen LogP contribution in [0.25, 0.3) is 11.1 Å². The van der Waals surface area contributed by atoms with E-state index in [4.69, 9.17) is 4.74 Å². The van der Waals surface area contributed by atoms with E-state index in [-0.39, 0.29) is 0 Å². The van der Waals surface area contributed by atoms with Crippen molar-refractivity contribution in [2.45, 2.75) is 4.90 Å². The molecule has 4 aromatic carbocycles. The Morgan fingerprint density at radius 2 is 1.07 bits per heavy atom. The van der Waals surface area contributed by atoms with Crippen LogP contribution in [0.4, 0.5) is 17.1 Å². The summed E-state index contributed by atoms with van der Waals surface area (Å²) in [5, 5.41) is 0. The van der Waals surface area contributed by atoms with Gasteiger partial charge in [0.15, 0.2) is 0 Å². The van der Waals surface area contributed by atoms with E-state index in [1.807, 2.05) is 12.1 Å². The molecule has 0 aliphatic carbocycles. The smallest absolute Gasteiger partial charge is 0.119 e. The molecule has 0 spiro atoms. The lowest BCUT2D eigenvalue weighted by atomic mass is 10.0. The van der Waals surface area contributed by atoms with E-state index in [1.165, 1.54) is 16.0 Å². The molecule has 30 heavy (non-hydrogen) atoms. The van der Waals surface area contributed by atoms with E-state index in [9.17, 15) is 0 Å². The second kappa shape index (κ2) is 9.41. The fraction of sp³-hybridized carbons (Fsp3) is 0.0769. The molecule has 0 aliphatic rings. The molecule has 4 aromatic rings. The minimum atomic E-state index is 0.849. The Morgan fingerprint density at radius 1 is 0.633 bits per heavy atom. The number of methoxy groups -OCH3 is 1. The fourth-order valence-corrected chi connectivity index (χ4v) is 4.03. The van der Waals surface area contributed by atoms with Crippen LogP contribution in [0.2, 0.25) is 0 Å². The van der Waals surface area contributed by atoms with E-state index in [0.717, 1.165) is 27.3 Å². The van der Waals surface area contributed by atoms with Gasteiger partial charge in [0.05, 0.1) is 7.11 Å². The summed E-state index contributed by atoms with van der Waals surface area (Å²) in [6.07, 6.45) is 2.09. The Bertz CT molecular complexity index is 1040. The molecule has 4 heteroatoms. The van der Waals surface area contributed by atoms with Gasteiger partial charge in [-0.25, -0.2) is 0 Å². The SMILES string of the molecule is COc1ccc(N(c2ccc(SC)cc2)c2ccc(-c3ccc(Br)cc3)cc2)cc1. The van der Waals surface area contributed by atoms with Crippen LogP contribution in [0, 0.1) is 0 Å². The number of ether oxygens (including phenoxy) is 1. The molecular weight excluding hydrogens is 454 g/mol. The van der Waals surface area contributed by atoms with Crippen LogP contribution in [0.15, 0.2) is 106 Å². The first-order valence-electron chi connectivity index (χ1n) is 9.62. The molecule has 0 heterocycles. The van der Waals surface area contributed by atoms with E-state index in [0.29, 0.717) is 0 Å². The summed E-state index contributed by atoms with van der Waals surface area (Å²) in [5.41, 5.74) is 5.71. The third-order valence-corrected chi connectivity index (χ3v) is 6.24. The molecule has 0 fully saturated rings. The first-order chi connectivity index (χ1) is 14.7. The van der Waals surface area contributed by atoms with Crippen molar-refractivity contribution in [1.82, 2.24) is 0 Å². The molecular formula is C26H22BrNOS. The van der Waals surface area contributed by atoms with E-state index in [1.54, 1.807) is 18.9 Å². The number of halogens is 1. The standard InChI is InChI=1S/C26H22BrNOS/c1-29-25-15-11-23(12-16-25)28(24-13-17-26(30-2)18-14-24)22-9-5-20(6-10-22)19-3-7-21(27)8-4-19/h3-18H,1-2H3. The third kappa shape index (κ3) is 4.55. The van der Waals surface area contributed by atoms with Gasteiger partial charge in [-0.3, -0.25) is 0 Å². The number of hydrogen-bond acceptors (Lipinski definition) is 3. The lowest BCUT2D eigenvalue weighted by Crippen LogP contribution is -2.09. The highest BCUT2D eigenvalue weighted by Gasteiger charge is 2.13. The van der Waals surface area contributed by atoms with Crippen molar-refractivity contribution in [3.05, 3.63) is 102 Å². The summed E-state index contributed by atoms with van der Waals surface area (Å²) in [7, 11) is 1.69. The first kappa shape index (κ1) is 20.6. The molecule has 4 rings (SSSR count). The largest absolute Gasteiger partial charge is 0.497 e. The van der Waals surface area contributed by atoms with Gasteiger partial charge >= 0.3 is 0 Å². The van der Waals surface area contributed by atoms with Crippen molar-refractivity contribution in [3.8, 4) is 16.9 Å².